The highest BCUT2D eigenvalue weighted by atomic mass is 32.2. The van der Waals surface area contributed by atoms with E-state index in [1.807, 2.05) is 0 Å². The Labute approximate surface area is 224 Å². The standard InChI is InChI=1S/C26H23N5O7S/c1-35-18-7-4-5-8-19(18)38-22-21(30-24(31-25(22)36-2)23-28-13-6-14-29-23)20(39(27,33)34)15-16-9-11-17(12-10-16)26(32)37-3/h4-15H,1-3H3,(H2,27,33,34). The molecule has 0 unspecified atom stereocenters. The molecule has 0 spiro atoms. The van der Waals surface area contributed by atoms with Gasteiger partial charge in [0.2, 0.25) is 21.6 Å². The molecule has 0 saturated carbocycles. The van der Waals surface area contributed by atoms with E-state index in [9.17, 15) is 13.2 Å². The van der Waals surface area contributed by atoms with Crippen molar-refractivity contribution in [2.75, 3.05) is 21.3 Å². The first-order valence-electron chi connectivity index (χ1n) is 11.2. The normalized spacial score (nSPS) is 11.5. The molecule has 39 heavy (non-hydrogen) atoms. The van der Waals surface area contributed by atoms with Gasteiger partial charge in [-0.25, -0.2) is 33.3 Å². The number of benzene rings is 2. The van der Waals surface area contributed by atoms with E-state index in [2.05, 4.69) is 19.9 Å². The highest BCUT2D eigenvalue weighted by Gasteiger charge is 2.28. The van der Waals surface area contributed by atoms with Crippen molar-refractivity contribution in [2.45, 2.75) is 0 Å². The van der Waals surface area contributed by atoms with E-state index < -0.39 is 20.9 Å². The summed E-state index contributed by atoms with van der Waals surface area (Å²) in [4.78, 5) is 28.5. The summed E-state index contributed by atoms with van der Waals surface area (Å²) in [6, 6.07) is 14.3. The van der Waals surface area contributed by atoms with Gasteiger partial charge in [0, 0.05) is 12.4 Å². The van der Waals surface area contributed by atoms with Crippen LogP contribution in [0, 0.1) is 0 Å². The number of methoxy groups -OCH3 is 3. The fraction of sp³-hybridized carbons (Fsp3) is 0.115. The highest BCUT2D eigenvalue weighted by molar-refractivity contribution is 7.98. The summed E-state index contributed by atoms with van der Waals surface area (Å²) in [6.07, 6.45) is 4.25. The van der Waals surface area contributed by atoms with Gasteiger partial charge in [0.25, 0.3) is 5.88 Å². The van der Waals surface area contributed by atoms with E-state index in [-0.39, 0.29) is 40.3 Å². The Morgan fingerprint density at radius 1 is 0.846 bits per heavy atom. The SMILES string of the molecule is COC(=O)c1ccc(C=C(c2nc(-c3ncccn3)nc(OC)c2Oc2ccccc2OC)S(N)(=O)=O)cc1. The molecule has 4 rings (SSSR count). The maximum Gasteiger partial charge on any atom is 0.337 e. The van der Waals surface area contributed by atoms with Crippen molar-refractivity contribution in [3.8, 4) is 34.8 Å². The molecule has 2 heterocycles. The van der Waals surface area contributed by atoms with E-state index in [0.717, 1.165) is 0 Å². The van der Waals surface area contributed by atoms with Gasteiger partial charge < -0.3 is 18.9 Å². The summed E-state index contributed by atoms with van der Waals surface area (Å²) in [6.45, 7) is 0. The minimum absolute atomic E-state index is 0.0367. The molecule has 13 heteroatoms. The minimum Gasteiger partial charge on any atom is -0.493 e. The molecule has 0 atom stereocenters. The third-order valence-corrected chi connectivity index (χ3v) is 6.17. The van der Waals surface area contributed by atoms with Crippen molar-refractivity contribution in [3.05, 3.63) is 83.8 Å². The van der Waals surface area contributed by atoms with Crippen LogP contribution in [-0.4, -0.2) is 55.7 Å². The second-order valence-electron chi connectivity index (χ2n) is 7.73. The molecule has 0 fully saturated rings. The Morgan fingerprint density at radius 2 is 1.51 bits per heavy atom. The van der Waals surface area contributed by atoms with Crippen LogP contribution in [0.5, 0.6) is 23.1 Å². The van der Waals surface area contributed by atoms with Crippen LogP contribution in [0.3, 0.4) is 0 Å². The molecule has 0 aliphatic heterocycles. The predicted molar refractivity (Wildman–Crippen MR) is 141 cm³/mol. The number of esters is 1. The number of nitrogens with zero attached hydrogens (tertiary/aromatic N) is 4. The molecule has 0 amide bonds. The van der Waals surface area contributed by atoms with Crippen LogP contribution in [0.4, 0.5) is 0 Å². The Kier molecular flexibility index (Phi) is 8.13. The number of para-hydroxylation sites is 2. The number of ether oxygens (including phenoxy) is 4. The molecular formula is C26H23N5O7S. The monoisotopic (exact) mass is 549 g/mol. The molecule has 0 aliphatic rings. The summed E-state index contributed by atoms with van der Waals surface area (Å²) < 4.78 is 47.5. The van der Waals surface area contributed by atoms with E-state index >= 15 is 0 Å². The van der Waals surface area contributed by atoms with E-state index in [0.29, 0.717) is 11.3 Å². The summed E-state index contributed by atoms with van der Waals surface area (Å²) in [5.41, 5.74) is 0.457. The Balaban J connectivity index is 1.98. The number of aromatic nitrogens is 4. The first kappa shape index (κ1) is 27.2. The Morgan fingerprint density at radius 3 is 2.10 bits per heavy atom. The van der Waals surface area contributed by atoms with Crippen LogP contribution in [0.1, 0.15) is 21.6 Å². The smallest absolute Gasteiger partial charge is 0.337 e. The van der Waals surface area contributed by atoms with Gasteiger partial charge in [0.1, 0.15) is 10.6 Å². The molecule has 0 aliphatic carbocycles. The average molecular weight is 550 g/mol. The average Bonchev–Trinajstić information content (AvgIpc) is 2.96. The lowest BCUT2D eigenvalue weighted by Gasteiger charge is -2.17. The zero-order valence-electron chi connectivity index (χ0n) is 21.1. The lowest BCUT2D eigenvalue weighted by Crippen LogP contribution is -2.16. The molecule has 4 aromatic rings. The van der Waals surface area contributed by atoms with Gasteiger partial charge in [-0.3, -0.25) is 0 Å². The molecule has 2 N–H and O–H groups in total. The fourth-order valence-corrected chi connectivity index (χ4v) is 4.13. The Bertz CT molecular complexity index is 1630. The lowest BCUT2D eigenvalue weighted by molar-refractivity contribution is 0.0600. The minimum atomic E-state index is -4.43. The maximum atomic E-state index is 13.0. The van der Waals surface area contributed by atoms with E-state index in [1.54, 1.807) is 30.3 Å². The quantitative estimate of drug-likeness (QED) is 0.304. The third kappa shape index (κ3) is 6.17. The van der Waals surface area contributed by atoms with Crippen molar-refractivity contribution >= 4 is 27.0 Å². The van der Waals surface area contributed by atoms with E-state index in [4.69, 9.17) is 24.1 Å². The number of rotatable bonds is 9. The van der Waals surface area contributed by atoms with Gasteiger partial charge in [-0.05, 0) is 42.0 Å². The predicted octanol–water partition coefficient (Wildman–Crippen LogP) is 3.32. The van der Waals surface area contributed by atoms with Gasteiger partial charge in [-0.15, -0.1) is 0 Å². The number of hydrogen-bond donors (Lipinski definition) is 1. The molecule has 200 valence electrons. The van der Waals surface area contributed by atoms with Gasteiger partial charge in [0.15, 0.2) is 17.3 Å². The van der Waals surface area contributed by atoms with Crippen LogP contribution >= 0.6 is 0 Å². The number of sulfonamides is 1. The van der Waals surface area contributed by atoms with Gasteiger partial charge in [-0.2, -0.15) is 4.98 Å². The fourth-order valence-electron chi connectivity index (χ4n) is 3.42. The molecule has 0 radical (unpaired) electrons. The van der Waals surface area contributed by atoms with E-state index in [1.165, 1.54) is 64.1 Å². The summed E-state index contributed by atoms with van der Waals surface area (Å²) in [7, 11) is -0.376. The molecule has 12 nitrogen and oxygen atoms in total. The lowest BCUT2D eigenvalue weighted by atomic mass is 10.1. The zero-order chi connectivity index (χ0) is 28.0. The largest absolute Gasteiger partial charge is 0.493 e. The van der Waals surface area contributed by atoms with Crippen molar-refractivity contribution in [1.82, 2.24) is 19.9 Å². The van der Waals surface area contributed by atoms with Crippen LogP contribution in [0.2, 0.25) is 0 Å². The summed E-state index contributed by atoms with van der Waals surface area (Å²) in [5.74, 6) is -0.124. The third-order valence-electron chi connectivity index (χ3n) is 5.24. The molecule has 2 aromatic carbocycles. The number of primary sulfonamides is 1. The maximum absolute atomic E-state index is 13.0. The van der Waals surface area contributed by atoms with Gasteiger partial charge >= 0.3 is 5.97 Å². The second kappa shape index (κ2) is 11.7. The molecule has 0 saturated heterocycles. The number of hydrogen-bond acceptors (Lipinski definition) is 11. The summed E-state index contributed by atoms with van der Waals surface area (Å²) >= 11 is 0. The first-order valence-corrected chi connectivity index (χ1v) is 12.8. The molecule has 2 aromatic heterocycles. The number of carbonyl (C=O) groups excluding carboxylic acids is 1. The van der Waals surface area contributed by atoms with Crippen LogP contribution in [0.25, 0.3) is 22.6 Å². The van der Waals surface area contributed by atoms with Crippen LogP contribution in [0.15, 0.2) is 67.0 Å². The van der Waals surface area contributed by atoms with Gasteiger partial charge in [0.05, 0.1) is 26.9 Å². The first-order chi connectivity index (χ1) is 18.7. The summed E-state index contributed by atoms with van der Waals surface area (Å²) in [5, 5.41) is 5.67. The highest BCUT2D eigenvalue weighted by Crippen LogP contribution is 2.41. The van der Waals surface area contributed by atoms with Gasteiger partial charge in [-0.1, -0.05) is 24.3 Å². The van der Waals surface area contributed by atoms with Crippen molar-refractivity contribution in [1.29, 1.82) is 0 Å². The van der Waals surface area contributed by atoms with Crippen LogP contribution < -0.4 is 19.3 Å². The topological polar surface area (TPSA) is 166 Å². The molecule has 0 bridgehead atoms. The Hall–Kier alpha value is -4.88. The van der Waals surface area contributed by atoms with Crippen molar-refractivity contribution in [3.63, 3.8) is 0 Å². The van der Waals surface area contributed by atoms with Crippen molar-refractivity contribution < 1.29 is 32.2 Å². The van der Waals surface area contributed by atoms with Crippen LogP contribution in [-0.2, 0) is 14.8 Å². The van der Waals surface area contributed by atoms with Crippen molar-refractivity contribution in [2.24, 2.45) is 5.14 Å². The molecular weight excluding hydrogens is 526 g/mol. The zero-order valence-corrected chi connectivity index (χ0v) is 21.9. The number of nitrogens with two attached hydrogens (primary N) is 1. The number of carbonyl (C=O) groups is 1. The second-order valence-corrected chi connectivity index (χ2v) is 9.26.